The van der Waals surface area contributed by atoms with Crippen LogP contribution in [0, 0.1) is 6.92 Å². The first-order valence-electron chi connectivity index (χ1n) is 8.87. The Kier molecular flexibility index (Phi) is 4.84. The van der Waals surface area contributed by atoms with Crippen molar-refractivity contribution >= 4 is 17.5 Å². The van der Waals surface area contributed by atoms with Crippen molar-refractivity contribution in [2.24, 2.45) is 0 Å². The normalized spacial score (nSPS) is 16.1. The van der Waals surface area contributed by atoms with Gasteiger partial charge in [-0.25, -0.2) is 15.0 Å². The van der Waals surface area contributed by atoms with Gasteiger partial charge in [0.2, 0.25) is 5.95 Å². The number of ether oxygens (including phenoxy) is 2. The van der Waals surface area contributed by atoms with Crippen LogP contribution in [0.4, 0.5) is 30.6 Å². The number of aryl methyl sites for hydroxylation is 1. The Balaban J connectivity index is 1.60. The number of aromatic nitrogens is 5. The number of imidazole rings is 1. The topological polar surface area (TPSA) is 90.2 Å². The van der Waals surface area contributed by atoms with Crippen molar-refractivity contribution in [1.29, 1.82) is 0 Å². The quantitative estimate of drug-likeness (QED) is 0.688. The van der Waals surface area contributed by atoms with Crippen LogP contribution in [0.1, 0.15) is 5.69 Å². The molecule has 1 aliphatic rings. The van der Waals surface area contributed by atoms with Gasteiger partial charge in [0.15, 0.2) is 29.2 Å². The molecule has 3 aromatic rings. The first-order chi connectivity index (χ1) is 14.3. The summed E-state index contributed by atoms with van der Waals surface area (Å²) in [6, 6.07) is -0.105. The average molecular weight is 421 g/mol. The molecule has 1 atom stereocenters. The van der Waals surface area contributed by atoms with E-state index in [0.29, 0.717) is 17.3 Å². The van der Waals surface area contributed by atoms with Gasteiger partial charge in [-0.15, -0.1) is 0 Å². The maximum atomic E-state index is 13.2. The van der Waals surface area contributed by atoms with Crippen LogP contribution < -0.4 is 19.7 Å². The molecule has 0 radical (unpaired) electrons. The van der Waals surface area contributed by atoms with Crippen molar-refractivity contribution in [2.75, 3.05) is 31.0 Å². The third-order valence-corrected chi connectivity index (χ3v) is 4.58. The molecule has 1 N–H and O–H groups in total. The highest BCUT2D eigenvalue weighted by Gasteiger charge is 2.46. The molecule has 0 bridgehead atoms. The highest BCUT2D eigenvalue weighted by molar-refractivity contribution is 5.62. The Morgan fingerprint density at radius 2 is 2.00 bits per heavy atom. The maximum Gasteiger partial charge on any atom is 0.412 e. The second kappa shape index (κ2) is 7.35. The van der Waals surface area contributed by atoms with E-state index in [-0.39, 0.29) is 17.5 Å². The van der Waals surface area contributed by atoms with Crippen LogP contribution in [0.2, 0.25) is 0 Å². The zero-order valence-electron chi connectivity index (χ0n) is 16.3. The molecule has 4 heterocycles. The molecule has 0 aliphatic carbocycles. The fraction of sp³-hybridized carbons (Fsp3) is 0.333. The first kappa shape index (κ1) is 19.7. The third-order valence-electron chi connectivity index (χ3n) is 4.58. The summed E-state index contributed by atoms with van der Waals surface area (Å²) in [4.78, 5) is 17.9. The van der Waals surface area contributed by atoms with Gasteiger partial charge in [-0.3, -0.25) is 4.57 Å². The lowest BCUT2D eigenvalue weighted by molar-refractivity contribution is -0.155. The lowest BCUT2D eigenvalue weighted by Crippen LogP contribution is -2.50. The molecule has 4 rings (SSSR count). The molecule has 158 valence electrons. The number of methoxy groups -OCH3 is 1. The molecule has 0 amide bonds. The van der Waals surface area contributed by atoms with Crippen molar-refractivity contribution < 1.29 is 22.6 Å². The Labute approximate surface area is 169 Å². The number of nitrogens with one attached hydrogen (secondary N) is 1. The highest BCUT2D eigenvalue weighted by Crippen LogP contribution is 2.37. The van der Waals surface area contributed by atoms with Crippen LogP contribution in [0.3, 0.4) is 0 Å². The fourth-order valence-electron chi connectivity index (χ4n) is 3.03. The lowest BCUT2D eigenvalue weighted by Gasteiger charge is -2.35. The van der Waals surface area contributed by atoms with Gasteiger partial charge in [0.1, 0.15) is 12.9 Å². The number of fused-ring (bicyclic) bond motifs is 1. The van der Waals surface area contributed by atoms with Crippen LogP contribution >= 0.6 is 0 Å². The minimum Gasteiger partial charge on any atom is -0.493 e. The molecule has 0 fully saturated rings. The SMILES string of the molecule is COc1cc(Nc2ncc3c(n2)N(C)C(C(F)(F)F)CO3)cnc1-n1cnc(C)c1. The van der Waals surface area contributed by atoms with E-state index < -0.39 is 18.8 Å². The summed E-state index contributed by atoms with van der Waals surface area (Å²) < 4.78 is 51.9. The maximum absolute atomic E-state index is 13.2. The second-order valence-electron chi connectivity index (χ2n) is 6.66. The second-order valence-corrected chi connectivity index (χ2v) is 6.66. The molecule has 0 spiro atoms. The molecule has 0 aromatic carbocycles. The van der Waals surface area contributed by atoms with Gasteiger partial charge in [-0.05, 0) is 6.92 Å². The molecule has 12 heteroatoms. The van der Waals surface area contributed by atoms with Crippen LogP contribution in [-0.4, -0.2) is 57.5 Å². The van der Waals surface area contributed by atoms with E-state index in [9.17, 15) is 13.2 Å². The van der Waals surface area contributed by atoms with Crippen molar-refractivity contribution in [3.8, 4) is 17.3 Å². The van der Waals surface area contributed by atoms with Gasteiger partial charge in [0.25, 0.3) is 0 Å². The molecule has 1 unspecified atom stereocenters. The number of rotatable bonds is 4. The number of halogens is 3. The summed E-state index contributed by atoms with van der Waals surface area (Å²) in [6.07, 6.45) is 1.85. The largest absolute Gasteiger partial charge is 0.493 e. The van der Waals surface area contributed by atoms with Gasteiger partial charge in [-0.2, -0.15) is 18.2 Å². The zero-order valence-corrected chi connectivity index (χ0v) is 16.3. The fourth-order valence-corrected chi connectivity index (χ4v) is 3.03. The monoisotopic (exact) mass is 421 g/mol. The van der Waals surface area contributed by atoms with Gasteiger partial charge >= 0.3 is 6.18 Å². The molecular weight excluding hydrogens is 403 g/mol. The Hall–Kier alpha value is -3.57. The van der Waals surface area contributed by atoms with Gasteiger partial charge < -0.3 is 19.7 Å². The van der Waals surface area contributed by atoms with Crippen molar-refractivity contribution in [1.82, 2.24) is 24.5 Å². The van der Waals surface area contributed by atoms with E-state index >= 15 is 0 Å². The summed E-state index contributed by atoms with van der Waals surface area (Å²) in [6.45, 7) is 1.34. The molecule has 30 heavy (non-hydrogen) atoms. The van der Waals surface area contributed by atoms with Crippen molar-refractivity contribution in [2.45, 2.75) is 19.1 Å². The van der Waals surface area contributed by atoms with Gasteiger partial charge in [0.05, 0.1) is 30.9 Å². The molecular formula is C18H18F3N7O2. The number of anilines is 3. The Morgan fingerprint density at radius 1 is 1.20 bits per heavy atom. The summed E-state index contributed by atoms with van der Waals surface area (Å²) in [5, 5.41) is 2.93. The lowest BCUT2D eigenvalue weighted by atomic mass is 10.2. The summed E-state index contributed by atoms with van der Waals surface area (Å²) in [5.41, 5.74) is 1.33. The van der Waals surface area contributed by atoms with E-state index in [0.717, 1.165) is 10.6 Å². The predicted molar refractivity (Wildman–Crippen MR) is 102 cm³/mol. The Bertz CT molecular complexity index is 1070. The van der Waals surface area contributed by atoms with E-state index in [1.54, 1.807) is 23.2 Å². The van der Waals surface area contributed by atoms with E-state index in [2.05, 4.69) is 25.3 Å². The zero-order chi connectivity index (χ0) is 21.5. The molecule has 0 saturated carbocycles. The number of nitrogens with zero attached hydrogens (tertiary/aromatic N) is 6. The Morgan fingerprint density at radius 3 is 2.67 bits per heavy atom. The predicted octanol–water partition coefficient (Wildman–Crippen LogP) is 2.88. The highest BCUT2D eigenvalue weighted by atomic mass is 19.4. The number of alkyl halides is 3. The van der Waals surface area contributed by atoms with E-state index in [4.69, 9.17) is 9.47 Å². The number of hydrogen-bond donors (Lipinski definition) is 1. The van der Waals surface area contributed by atoms with Crippen LogP contribution in [0.25, 0.3) is 5.82 Å². The third kappa shape index (κ3) is 3.67. The number of pyridine rings is 1. The molecule has 1 aliphatic heterocycles. The van der Waals surface area contributed by atoms with Crippen LogP contribution in [-0.2, 0) is 0 Å². The van der Waals surface area contributed by atoms with Crippen LogP contribution in [0.5, 0.6) is 11.5 Å². The smallest absolute Gasteiger partial charge is 0.412 e. The molecule has 3 aromatic heterocycles. The summed E-state index contributed by atoms with van der Waals surface area (Å²) in [5.74, 6) is 1.34. The van der Waals surface area contributed by atoms with E-state index in [1.807, 2.05) is 6.92 Å². The van der Waals surface area contributed by atoms with Crippen LogP contribution in [0.15, 0.2) is 31.0 Å². The average Bonchev–Trinajstić information content (AvgIpc) is 3.13. The van der Waals surface area contributed by atoms with Crippen molar-refractivity contribution in [3.05, 3.63) is 36.7 Å². The van der Waals surface area contributed by atoms with E-state index in [1.165, 1.54) is 26.6 Å². The van der Waals surface area contributed by atoms with Gasteiger partial charge in [-0.1, -0.05) is 0 Å². The molecule has 9 nitrogen and oxygen atoms in total. The van der Waals surface area contributed by atoms with Crippen molar-refractivity contribution in [3.63, 3.8) is 0 Å². The minimum atomic E-state index is -4.44. The first-order valence-corrected chi connectivity index (χ1v) is 8.87. The number of likely N-dealkylation sites (N-methyl/N-ethyl adjacent to an activating group) is 1. The standard InChI is InChI=1S/C18H18F3N7O2/c1-10-7-28(9-24-10)15-12(29-3)4-11(5-22-15)25-17-23-6-13-16(26-17)27(2)14(8-30-13)18(19,20)21/h4-7,9,14H,8H2,1-3H3,(H,23,25,26). The molecule has 0 saturated heterocycles. The minimum absolute atomic E-state index is 0.0477. The summed E-state index contributed by atoms with van der Waals surface area (Å²) in [7, 11) is 2.83. The van der Waals surface area contributed by atoms with Gasteiger partial charge in [0, 0.05) is 19.3 Å². The number of hydrogen-bond acceptors (Lipinski definition) is 8. The summed E-state index contributed by atoms with van der Waals surface area (Å²) >= 11 is 0.